The van der Waals surface area contributed by atoms with Crippen molar-refractivity contribution >= 4 is 12.0 Å². The first-order valence-electron chi connectivity index (χ1n) is 13.2. The summed E-state index contributed by atoms with van der Waals surface area (Å²) < 4.78 is 0. The largest absolute Gasteiger partial charge is 0.465 e. The second kappa shape index (κ2) is 12.2. The molecular weight excluding hydrogens is 438 g/mol. The Kier molecular flexibility index (Phi) is 8.80. The number of likely N-dealkylation sites (tertiary alicyclic amines) is 1. The summed E-state index contributed by atoms with van der Waals surface area (Å²) in [5.41, 5.74) is 2.45. The van der Waals surface area contributed by atoms with Crippen LogP contribution in [0.1, 0.15) is 62.5 Å². The molecule has 2 aromatic rings. The summed E-state index contributed by atoms with van der Waals surface area (Å²) in [6, 6.07) is 19.6. The SMILES string of the molecule is O=C(O)NC(Cc1ccccc1)C(=O)NC1CCC(Cc2ccccc2)(N2CCCCCC2)CC1. The number of benzene rings is 2. The van der Waals surface area contributed by atoms with Crippen LogP contribution < -0.4 is 10.6 Å². The highest BCUT2D eigenvalue weighted by atomic mass is 16.4. The van der Waals surface area contributed by atoms with Crippen molar-refractivity contribution in [2.24, 2.45) is 0 Å². The Labute approximate surface area is 209 Å². The van der Waals surface area contributed by atoms with Gasteiger partial charge in [0.15, 0.2) is 0 Å². The molecule has 2 aliphatic rings. The van der Waals surface area contributed by atoms with Crippen molar-refractivity contribution in [1.82, 2.24) is 15.5 Å². The Bertz CT molecular complexity index is 934. The van der Waals surface area contributed by atoms with Gasteiger partial charge in [-0.25, -0.2) is 4.79 Å². The number of carbonyl (C=O) groups excluding carboxylic acids is 1. The standard InChI is InChI=1S/C29H39N3O3/c33-27(26(31-28(34)35)21-23-11-5-3-6-12-23)30-25-15-17-29(18-16-25,22-24-13-7-4-8-14-24)32-19-9-1-2-10-20-32/h3-8,11-14,25-26,31H,1-2,9-10,15-22H2,(H,30,33)(H,34,35). The first kappa shape index (κ1) is 25.2. The Hall–Kier alpha value is -2.86. The minimum Gasteiger partial charge on any atom is -0.465 e. The molecule has 4 rings (SSSR count). The quantitative estimate of drug-likeness (QED) is 0.511. The van der Waals surface area contributed by atoms with Gasteiger partial charge < -0.3 is 15.7 Å². The molecule has 0 aromatic heterocycles. The molecule has 35 heavy (non-hydrogen) atoms. The van der Waals surface area contributed by atoms with E-state index in [0.29, 0.717) is 6.42 Å². The lowest BCUT2D eigenvalue weighted by Gasteiger charge is -2.48. The maximum absolute atomic E-state index is 13.1. The molecule has 2 amide bonds. The van der Waals surface area contributed by atoms with E-state index in [2.05, 4.69) is 45.9 Å². The third-order valence-electron chi connectivity index (χ3n) is 7.81. The maximum atomic E-state index is 13.1. The zero-order valence-corrected chi connectivity index (χ0v) is 20.6. The molecule has 1 saturated carbocycles. The number of amides is 2. The second-order valence-electron chi connectivity index (χ2n) is 10.3. The molecule has 1 unspecified atom stereocenters. The number of rotatable bonds is 8. The summed E-state index contributed by atoms with van der Waals surface area (Å²) in [7, 11) is 0. The van der Waals surface area contributed by atoms with E-state index in [0.717, 1.165) is 50.8 Å². The Morgan fingerprint density at radius 2 is 1.46 bits per heavy atom. The number of nitrogens with one attached hydrogen (secondary N) is 2. The Morgan fingerprint density at radius 1 is 0.886 bits per heavy atom. The number of hydrogen-bond acceptors (Lipinski definition) is 3. The molecule has 0 radical (unpaired) electrons. The van der Waals surface area contributed by atoms with Gasteiger partial charge in [0, 0.05) is 18.0 Å². The number of nitrogens with zero attached hydrogens (tertiary/aromatic N) is 1. The van der Waals surface area contributed by atoms with E-state index < -0.39 is 12.1 Å². The van der Waals surface area contributed by atoms with Crippen LogP contribution in [0, 0.1) is 0 Å². The van der Waals surface area contributed by atoms with Crippen LogP contribution in [0.25, 0.3) is 0 Å². The van der Waals surface area contributed by atoms with E-state index in [1.165, 1.54) is 31.2 Å². The molecule has 6 heteroatoms. The Morgan fingerprint density at radius 3 is 2.03 bits per heavy atom. The van der Waals surface area contributed by atoms with Crippen LogP contribution >= 0.6 is 0 Å². The summed E-state index contributed by atoms with van der Waals surface area (Å²) in [4.78, 5) is 27.2. The van der Waals surface area contributed by atoms with E-state index in [9.17, 15) is 14.7 Å². The average Bonchev–Trinajstić information content (AvgIpc) is 3.16. The fourth-order valence-electron chi connectivity index (χ4n) is 5.94. The van der Waals surface area contributed by atoms with Crippen molar-refractivity contribution < 1.29 is 14.7 Å². The van der Waals surface area contributed by atoms with Crippen LogP contribution in [-0.2, 0) is 17.6 Å². The normalized spacial score (nSPS) is 24.2. The van der Waals surface area contributed by atoms with Gasteiger partial charge >= 0.3 is 6.09 Å². The topological polar surface area (TPSA) is 81.7 Å². The van der Waals surface area contributed by atoms with Crippen LogP contribution in [0.3, 0.4) is 0 Å². The molecule has 1 heterocycles. The highest BCUT2D eigenvalue weighted by Gasteiger charge is 2.41. The Balaban J connectivity index is 1.41. The third-order valence-corrected chi connectivity index (χ3v) is 7.81. The monoisotopic (exact) mass is 477 g/mol. The predicted molar refractivity (Wildman–Crippen MR) is 138 cm³/mol. The highest BCUT2D eigenvalue weighted by molar-refractivity contribution is 5.85. The van der Waals surface area contributed by atoms with Gasteiger partial charge in [-0.15, -0.1) is 0 Å². The number of carbonyl (C=O) groups is 2. The fourth-order valence-corrected chi connectivity index (χ4v) is 5.94. The first-order valence-corrected chi connectivity index (χ1v) is 13.2. The van der Waals surface area contributed by atoms with E-state index in [4.69, 9.17) is 0 Å². The van der Waals surface area contributed by atoms with Crippen molar-refractivity contribution in [3.05, 3.63) is 71.8 Å². The lowest BCUT2D eigenvalue weighted by atomic mass is 9.74. The molecule has 2 aromatic carbocycles. The molecule has 3 N–H and O–H groups in total. The summed E-state index contributed by atoms with van der Waals surface area (Å²) in [5.74, 6) is -0.230. The minimum absolute atomic E-state index is 0.0762. The minimum atomic E-state index is -1.17. The van der Waals surface area contributed by atoms with E-state index >= 15 is 0 Å². The molecule has 1 saturated heterocycles. The van der Waals surface area contributed by atoms with Gasteiger partial charge in [0.05, 0.1) is 0 Å². The molecule has 0 bridgehead atoms. The van der Waals surface area contributed by atoms with Gasteiger partial charge in [0.1, 0.15) is 6.04 Å². The lowest BCUT2D eigenvalue weighted by Crippen LogP contribution is -2.56. The summed E-state index contributed by atoms with van der Waals surface area (Å²) in [6.45, 7) is 2.32. The van der Waals surface area contributed by atoms with Crippen molar-refractivity contribution in [2.45, 2.75) is 81.8 Å². The van der Waals surface area contributed by atoms with Gasteiger partial charge in [0.2, 0.25) is 5.91 Å². The van der Waals surface area contributed by atoms with E-state index in [-0.39, 0.29) is 17.5 Å². The summed E-state index contributed by atoms with van der Waals surface area (Å²) >= 11 is 0. The molecule has 188 valence electrons. The van der Waals surface area contributed by atoms with Gasteiger partial charge in [0.25, 0.3) is 0 Å². The molecule has 1 aliphatic heterocycles. The zero-order valence-electron chi connectivity index (χ0n) is 20.6. The third kappa shape index (κ3) is 7.07. The molecule has 1 aliphatic carbocycles. The average molecular weight is 478 g/mol. The summed E-state index contributed by atoms with van der Waals surface area (Å²) in [5, 5.41) is 14.9. The van der Waals surface area contributed by atoms with Crippen molar-refractivity contribution in [3.8, 4) is 0 Å². The first-order chi connectivity index (χ1) is 17.0. The summed E-state index contributed by atoms with van der Waals surface area (Å²) in [6.07, 6.45) is 9.30. The fraction of sp³-hybridized carbons (Fsp3) is 0.517. The predicted octanol–water partition coefficient (Wildman–Crippen LogP) is 4.78. The van der Waals surface area contributed by atoms with Crippen molar-refractivity contribution in [3.63, 3.8) is 0 Å². The highest BCUT2D eigenvalue weighted by Crippen LogP contribution is 2.38. The molecule has 2 fully saturated rings. The van der Waals surface area contributed by atoms with Gasteiger partial charge in [-0.2, -0.15) is 0 Å². The maximum Gasteiger partial charge on any atom is 0.405 e. The van der Waals surface area contributed by atoms with Crippen LogP contribution in [0.2, 0.25) is 0 Å². The smallest absolute Gasteiger partial charge is 0.405 e. The van der Waals surface area contributed by atoms with Crippen LogP contribution in [0.4, 0.5) is 4.79 Å². The van der Waals surface area contributed by atoms with Crippen LogP contribution in [0.15, 0.2) is 60.7 Å². The van der Waals surface area contributed by atoms with E-state index in [1.807, 2.05) is 30.3 Å². The zero-order chi connectivity index (χ0) is 24.5. The van der Waals surface area contributed by atoms with Crippen LogP contribution in [0.5, 0.6) is 0 Å². The van der Waals surface area contributed by atoms with Crippen molar-refractivity contribution in [1.29, 1.82) is 0 Å². The second-order valence-corrected chi connectivity index (χ2v) is 10.3. The molecule has 1 atom stereocenters. The molecule has 0 spiro atoms. The number of hydrogen-bond donors (Lipinski definition) is 3. The van der Waals surface area contributed by atoms with E-state index in [1.54, 1.807) is 0 Å². The van der Waals surface area contributed by atoms with Gasteiger partial charge in [-0.1, -0.05) is 73.5 Å². The van der Waals surface area contributed by atoms with Crippen LogP contribution in [-0.4, -0.2) is 52.7 Å². The van der Waals surface area contributed by atoms with Gasteiger partial charge in [-0.3, -0.25) is 9.69 Å². The molecular formula is C29H39N3O3. The molecule has 6 nitrogen and oxygen atoms in total. The van der Waals surface area contributed by atoms with Crippen molar-refractivity contribution in [2.75, 3.05) is 13.1 Å². The lowest BCUT2D eigenvalue weighted by molar-refractivity contribution is -0.124. The van der Waals surface area contributed by atoms with Gasteiger partial charge in [-0.05, 0) is 69.2 Å². The number of carboxylic acid groups (broad SMARTS) is 1.